The normalized spacial score (nSPS) is 24.2. The van der Waals surface area contributed by atoms with Crippen LogP contribution in [0.1, 0.15) is 63.1 Å². The van der Waals surface area contributed by atoms with Gasteiger partial charge in [-0.25, -0.2) is 0 Å². The molecule has 4 rings (SSSR count). The smallest absolute Gasteiger partial charge is 0.123 e. The minimum Gasteiger partial charge on any atom is -0.491 e. The van der Waals surface area contributed by atoms with Gasteiger partial charge < -0.3 is 9.64 Å². The van der Waals surface area contributed by atoms with Gasteiger partial charge in [0.1, 0.15) is 5.75 Å². The van der Waals surface area contributed by atoms with Crippen LogP contribution in [0.5, 0.6) is 5.75 Å². The quantitative estimate of drug-likeness (QED) is 0.572. The van der Waals surface area contributed by atoms with Crippen molar-refractivity contribution in [3.8, 4) is 5.75 Å². The van der Waals surface area contributed by atoms with Gasteiger partial charge >= 0.3 is 0 Å². The van der Waals surface area contributed by atoms with Crippen molar-refractivity contribution < 1.29 is 4.74 Å². The first kappa shape index (κ1) is 20.5. The van der Waals surface area contributed by atoms with Crippen LogP contribution in [0.25, 0.3) is 0 Å². The van der Waals surface area contributed by atoms with Crippen molar-refractivity contribution in [2.45, 2.75) is 70.8 Å². The van der Waals surface area contributed by atoms with Gasteiger partial charge in [-0.1, -0.05) is 55.8 Å². The van der Waals surface area contributed by atoms with Crippen molar-refractivity contribution in [3.63, 3.8) is 0 Å². The lowest BCUT2D eigenvalue weighted by Crippen LogP contribution is -2.52. The molecule has 2 heteroatoms. The van der Waals surface area contributed by atoms with Crippen molar-refractivity contribution >= 4 is 0 Å². The number of hydrogen-bond acceptors (Lipinski definition) is 2. The Kier molecular flexibility index (Phi) is 6.29. The first-order valence-electron chi connectivity index (χ1n) is 11.7. The predicted octanol–water partition coefficient (Wildman–Crippen LogP) is 6.02. The van der Waals surface area contributed by atoms with Crippen LogP contribution in [0.2, 0.25) is 0 Å². The van der Waals surface area contributed by atoms with Crippen LogP contribution < -0.4 is 4.74 Å². The zero-order chi connectivity index (χ0) is 20.3. The Morgan fingerprint density at radius 3 is 2.69 bits per heavy atom. The van der Waals surface area contributed by atoms with Gasteiger partial charge in [0, 0.05) is 24.1 Å². The van der Waals surface area contributed by atoms with Gasteiger partial charge in [-0.15, -0.1) is 0 Å². The molecule has 1 heterocycles. The van der Waals surface area contributed by atoms with E-state index in [0.29, 0.717) is 5.41 Å². The van der Waals surface area contributed by atoms with Crippen LogP contribution in [-0.2, 0) is 18.3 Å². The summed E-state index contributed by atoms with van der Waals surface area (Å²) in [5.74, 6) is 1.91. The second-order valence-corrected chi connectivity index (χ2v) is 9.38. The monoisotopic (exact) mass is 391 g/mol. The molecule has 2 atom stereocenters. The van der Waals surface area contributed by atoms with Crippen molar-refractivity contribution in [1.29, 1.82) is 0 Å². The summed E-state index contributed by atoms with van der Waals surface area (Å²) in [6, 6.07) is 17.7. The molecule has 156 valence electrons. The Bertz CT molecular complexity index is 799. The van der Waals surface area contributed by atoms with Gasteiger partial charge in [-0.05, 0) is 75.6 Å². The number of likely N-dealkylation sites (tertiary alicyclic amines) is 1. The largest absolute Gasteiger partial charge is 0.491 e. The van der Waals surface area contributed by atoms with Crippen molar-refractivity contribution in [3.05, 3.63) is 65.2 Å². The van der Waals surface area contributed by atoms with Crippen LogP contribution in [-0.4, -0.2) is 30.6 Å². The third-order valence-corrected chi connectivity index (χ3v) is 7.13. The first-order chi connectivity index (χ1) is 14.1. The highest BCUT2D eigenvalue weighted by Crippen LogP contribution is 2.53. The van der Waals surface area contributed by atoms with E-state index in [4.69, 9.17) is 4.74 Å². The number of fused-ring (bicyclic) bond motifs is 3. The van der Waals surface area contributed by atoms with Crippen LogP contribution in [0.15, 0.2) is 48.5 Å². The van der Waals surface area contributed by atoms with Crippen molar-refractivity contribution in [1.82, 2.24) is 4.90 Å². The van der Waals surface area contributed by atoms with Gasteiger partial charge in [0.25, 0.3) is 0 Å². The molecule has 0 amide bonds. The van der Waals surface area contributed by atoms with Crippen LogP contribution in [0.4, 0.5) is 0 Å². The molecule has 2 aromatic rings. The van der Waals surface area contributed by atoms with E-state index in [1.54, 1.807) is 11.1 Å². The number of nitrogens with zero attached hydrogens (tertiary/aromatic N) is 1. The van der Waals surface area contributed by atoms with E-state index < -0.39 is 0 Å². The topological polar surface area (TPSA) is 12.5 Å². The minimum atomic E-state index is 0.228. The molecule has 0 N–H and O–H groups in total. The maximum Gasteiger partial charge on any atom is 0.123 e. The molecule has 0 spiro atoms. The van der Waals surface area contributed by atoms with E-state index in [9.17, 15) is 0 Å². The fourth-order valence-electron chi connectivity index (χ4n) is 5.90. The molecule has 2 aliphatic rings. The molecule has 1 aliphatic heterocycles. The maximum atomic E-state index is 6.35. The van der Waals surface area contributed by atoms with Gasteiger partial charge in [0.2, 0.25) is 0 Å². The Morgan fingerprint density at radius 1 is 1.10 bits per heavy atom. The summed E-state index contributed by atoms with van der Waals surface area (Å²) in [7, 11) is 0. The highest BCUT2D eigenvalue weighted by atomic mass is 16.5. The minimum absolute atomic E-state index is 0.228. The zero-order valence-corrected chi connectivity index (χ0v) is 18.5. The number of hydrogen-bond donors (Lipinski definition) is 0. The fraction of sp³-hybridized carbons (Fsp3) is 0.556. The molecular formula is C27H37NO. The van der Waals surface area contributed by atoms with Gasteiger partial charge in [-0.2, -0.15) is 0 Å². The summed E-state index contributed by atoms with van der Waals surface area (Å²) in [6.45, 7) is 10.3. The Morgan fingerprint density at radius 2 is 1.93 bits per heavy atom. The lowest BCUT2D eigenvalue weighted by molar-refractivity contribution is 0.0667. The number of ether oxygens (including phenoxy) is 1. The van der Waals surface area contributed by atoms with Gasteiger partial charge in [0.15, 0.2) is 0 Å². The summed E-state index contributed by atoms with van der Waals surface area (Å²) in [4.78, 5) is 2.72. The van der Waals surface area contributed by atoms with Crippen LogP contribution in [0.3, 0.4) is 0 Å². The maximum absolute atomic E-state index is 6.35. The predicted molar refractivity (Wildman–Crippen MR) is 122 cm³/mol. The zero-order valence-electron chi connectivity index (χ0n) is 18.5. The molecule has 2 unspecified atom stereocenters. The summed E-state index contributed by atoms with van der Waals surface area (Å²) in [5.41, 5.74) is 4.87. The van der Waals surface area contributed by atoms with Crippen LogP contribution >= 0.6 is 0 Å². The lowest BCUT2D eigenvalue weighted by Gasteiger charge is -2.52. The van der Waals surface area contributed by atoms with Crippen LogP contribution in [0, 0.1) is 5.92 Å². The Labute approximate surface area is 177 Å². The molecule has 29 heavy (non-hydrogen) atoms. The third-order valence-electron chi connectivity index (χ3n) is 7.13. The van der Waals surface area contributed by atoms with E-state index in [1.807, 2.05) is 0 Å². The highest BCUT2D eigenvalue weighted by Gasteiger charge is 2.48. The average Bonchev–Trinajstić information content (AvgIpc) is 2.73. The fourth-order valence-corrected chi connectivity index (χ4v) is 5.90. The highest BCUT2D eigenvalue weighted by molar-refractivity contribution is 5.49. The molecule has 1 saturated heterocycles. The van der Waals surface area contributed by atoms with Crippen molar-refractivity contribution in [2.24, 2.45) is 5.92 Å². The van der Waals surface area contributed by atoms with E-state index in [-0.39, 0.29) is 6.10 Å². The number of rotatable bonds is 7. The molecule has 2 aromatic carbocycles. The molecular weight excluding hydrogens is 354 g/mol. The molecule has 0 bridgehead atoms. The molecule has 0 radical (unpaired) electrons. The standard InChI is InChI=1S/C27H37NO/c1-4-16-27-17-19-28(18-15-22-9-6-5-7-10-22)20-24(27)14-13-23-11-8-12-25(26(23)27)29-21(2)3/h5-12,21,24H,4,13-20H2,1-3H3. The van der Waals surface area contributed by atoms with E-state index in [1.165, 1.54) is 57.3 Å². The summed E-state index contributed by atoms with van der Waals surface area (Å²) in [6.07, 6.45) is 7.71. The summed E-state index contributed by atoms with van der Waals surface area (Å²) in [5, 5.41) is 0. The molecule has 1 fully saturated rings. The average molecular weight is 392 g/mol. The molecule has 1 aliphatic carbocycles. The summed E-state index contributed by atoms with van der Waals surface area (Å²) < 4.78 is 6.35. The second-order valence-electron chi connectivity index (χ2n) is 9.38. The molecule has 0 aromatic heterocycles. The van der Waals surface area contributed by atoms with Gasteiger partial charge in [0.05, 0.1) is 6.10 Å². The summed E-state index contributed by atoms with van der Waals surface area (Å²) >= 11 is 0. The number of benzene rings is 2. The van der Waals surface area contributed by atoms with Gasteiger partial charge in [-0.3, -0.25) is 0 Å². The first-order valence-corrected chi connectivity index (χ1v) is 11.7. The van der Waals surface area contributed by atoms with E-state index in [2.05, 4.69) is 74.2 Å². The van der Waals surface area contributed by atoms with E-state index in [0.717, 1.165) is 18.1 Å². The second kappa shape index (κ2) is 8.92. The SMILES string of the molecule is CCCC12CCN(CCc3ccccc3)CC1CCc1cccc(OC(C)C)c12. The number of aryl methyl sites for hydroxylation is 1. The third kappa shape index (κ3) is 4.23. The lowest BCUT2D eigenvalue weighted by atomic mass is 9.57. The van der Waals surface area contributed by atoms with Crippen molar-refractivity contribution in [2.75, 3.05) is 19.6 Å². The molecule has 0 saturated carbocycles. The van der Waals surface area contributed by atoms with E-state index >= 15 is 0 Å². The number of piperidine rings is 1. The Hall–Kier alpha value is -1.80. The molecule has 2 nitrogen and oxygen atoms in total. The Balaban J connectivity index is 1.57.